The number of carbonyl (C=O) groups is 2. The Labute approximate surface area is 97.8 Å². The van der Waals surface area contributed by atoms with E-state index in [1.807, 2.05) is 0 Å². The SMILES string of the molecule is O=C(O)c1ccc(CN2CCOCC2=O)nc1. The highest BCUT2D eigenvalue weighted by atomic mass is 16.5. The largest absolute Gasteiger partial charge is 0.478 e. The fraction of sp³-hybridized carbons (Fsp3) is 0.364. The molecule has 0 aromatic carbocycles. The zero-order valence-corrected chi connectivity index (χ0v) is 9.13. The highest BCUT2D eigenvalue weighted by Crippen LogP contribution is 2.07. The Bertz CT molecular complexity index is 430. The molecular weight excluding hydrogens is 224 g/mol. The molecule has 1 aliphatic rings. The first kappa shape index (κ1) is 11.5. The zero-order valence-electron chi connectivity index (χ0n) is 9.13. The van der Waals surface area contributed by atoms with Gasteiger partial charge in [0, 0.05) is 12.7 Å². The fourth-order valence-electron chi connectivity index (χ4n) is 1.56. The number of aromatic nitrogens is 1. The summed E-state index contributed by atoms with van der Waals surface area (Å²) >= 11 is 0. The summed E-state index contributed by atoms with van der Waals surface area (Å²) in [5.74, 6) is -1.08. The maximum Gasteiger partial charge on any atom is 0.337 e. The molecule has 1 N–H and O–H groups in total. The van der Waals surface area contributed by atoms with Gasteiger partial charge in [-0.05, 0) is 12.1 Å². The van der Waals surface area contributed by atoms with Crippen LogP contribution >= 0.6 is 0 Å². The minimum atomic E-state index is -1.01. The van der Waals surface area contributed by atoms with Gasteiger partial charge >= 0.3 is 5.97 Å². The number of pyridine rings is 1. The van der Waals surface area contributed by atoms with Gasteiger partial charge in [0.15, 0.2) is 0 Å². The van der Waals surface area contributed by atoms with Gasteiger partial charge in [-0.2, -0.15) is 0 Å². The number of ether oxygens (including phenoxy) is 1. The van der Waals surface area contributed by atoms with Gasteiger partial charge in [-0.25, -0.2) is 4.79 Å². The van der Waals surface area contributed by atoms with Crippen molar-refractivity contribution < 1.29 is 19.4 Å². The van der Waals surface area contributed by atoms with Gasteiger partial charge in [0.25, 0.3) is 0 Å². The van der Waals surface area contributed by atoms with Crippen molar-refractivity contribution in [2.24, 2.45) is 0 Å². The van der Waals surface area contributed by atoms with Crippen molar-refractivity contribution >= 4 is 11.9 Å². The van der Waals surface area contributed by atoms with E-state index in [2.05, 4.69) is 4.98 Å². The average molecular weight is 236 g/mol. The zero-order chi connectivity index (χ0) is 12.3. The third kappa shape index (κ3) is 2.79. The van der Waals surface area contributed by atoms with Crippen LogP contribution in [0.15, 0.2) is 18.3 Å². The van der Waals surface area contributed by atoms with Gasteiger partial charge in [0.1, 0.15) is 6.61 Å². The summed E-state index contributed by atoms with van der Waals surface area (Å²) < 4.78 is 5.01. The van der Waals surface area contributed by atoms with E-state index in [1.165, 1.54) is 12.3 Å². The summed E-state index contributed by atoms with van der Waals surface area (Å²) in [7, 11) is 0. The first-order chi connectivity index (χ1) is 8.16. The molecule has 1 aromatic heterocycles. The lowest BCUT2D eigenvalue weighted by atomic mass is 10.2. The Morgan fingerprint density at radius 1 is 1.53 bits per heavy atom. The monoisotopic (exact) mass is 236 g/mol. The number of carbonyl (C=O) groups excluding carboxylic acids is 1. The molecule has 2 rings (SSSR count). The average Bonchev–Trinajstić information content (AvgIpc) is 2.33. The van der Waals surface area contributed by atoms with Gasteiger partial charge < -0.3 is 14.7 Å². The molecule has 1 amide bonds. The van der Waals surface area contributed by atoms with Crippen LogP contribution in [0, 0.1) is 0 Å². The summed E-state index contributed by atoms with van der Waals surface area (Å²) in [6, 6.07) is 3.10. The van der Waals surface area contributed by atoms with Gasteiger partial charge in [-0.3, -0.25) is 9.78 Å². The number of amides is 1. The van der Waals surface area contributed by atoms with Gasteiger partial charge in [-0.15, -0.1) is 0 Å². The van der Waals surface area contributed by atoms with Crippen LogP contribution in [-0.2, 0) is 16.1 Å². The van der Waals surface area contributed by atoms with Crippen LogP contribution in [0.5, 0.6) is 0 Å². The molecule has 2 heterocycles. The number of rotatable bonds is 3. The second kappa shape index (κ2) is 4.92. The second-order valence-electron chi connectivity index (χ2n) is 3.71. The highest BCUT2D eigenvalue weighted by molar-refractivity contribution is 5.87. The number of hydrogen-bond donors (Lipinski definition) is 1. The Balaban J connectivity index is 2.03. The summed E-state index contributed by atoms with van der Waals surface area (Å²) in [6.45, 7) is 1.56. The lowest BCUT2D eigenvalue weighted by Gasteiger charge is -2.26. The summed E-state index contributed by atoms with van der Waals surface area (Å²) in [5.41, 5.74) is 0.812. The van der Waals surface area contributed by atoms with Crippen LogP contribution in [0.3, 0.4) is 0 Å². The number of morpholine rings is 1. The molecule has 17 heavy (non-hydrogen) atoms. The number of carboxylic acid groups (broad SMARTS) is 1. The maximum atomic E-state index is 11.5. The van der Waals surface area contributed by atoms with Crippen LogP contribution < -0.4 is 0 Å². The molecule has 0 saturated carbocycles. The van der Waals surface area contributed by atoms with Crippen LogP contribution in [0.25, 0.3) is 0 Å². The number of carboxylic acids is 1. The minimum Gasteiger partial charge on any atom is -0.478 e. The topological polar surface area (TPSA) is 79.7 Å². The van der Waals surface area contributed by atoms with E-state index in [0.717, 1.165) is 0 Å². The molecule has 0 radical (unpaired) electrons. The van der Waals surface area contributed by atoms with Crippen LogP contribution in [0.1, 0.15) is 16.1 Å². The van der Waals surface area contributed by atoms with Crippen molar-refractivity contribution in [3.63, 3.8) is 0 Å². The van der Waals surface area contributed by atoms with Gasteiger partial charge in [0.05, 0.1) is 24.4 Å². The lowest BCUT2D eigenvalue weighted by Crippen LogP contribution is -2.41. The van der Waals surface area contributed by atoms with E-state index >= 15 is 0 Å². The van der Waals surface area contributed by atoms with E-state index in [-0.39, 0.29) is 18.1 Å². The van der Waals surface area contributed by atoms with Gasteiger partial charge in [-0.1, -0.05) is 0 Å². The van der Waals surface area contributed by atoms with Crippen LogP contribution in [0.4, 0.5) is 0 Å². The molecule has 0 bridgehead atoms. The standard InChI is InChI=1S/C11H12N2O4/c14-10-7-17-4-3-13(10)6-9-2-1-8(5-12-9)11(15)16/h1-2,5H,3-4,6-7H2,(H,15,16). The smallest absolute Gasteiger partial charge is 0.337 e. The first-order valence-corrected chi connectivity index (χ1v) is 5.20. The van der Waals surface area contributed by atoms with Crippen LogP contribution in [0.2, 0.25) is 0 Å². The normalized spacial score (nSPS) is 16.0. The van der Waals surface area contributed by atoms with Crippen molar-refractivity contribution in [2.45, 2.75) is 6.54 Å². The lowest BCUT2D eigenvalue weighted by molar-refractivity contribution is -0.143. The Hall–Kier alpha value is -1.95. The van der Waals surface area contributed by atoms with E-state index in [0.29, 0.717) is 25.4 Å². The third-order valence-corrected chi connectivity index (χ3v) is 2.51. The quantitative estimate of drug-likeness (QED) is 0.807. The van der Waals surface area contributed by atoms with Gasteiger partial charge in [0.2, 0.25) is 5.91 Å². The fourth-order valence-corrected chi connectivity index (χ4v) is 1.56. The maximum absolute atomic E-state index is 11.5. The predicted octanol–water partition coefficient (Wildman–Crippen LogP) is 0.139. The highest BCUT2D eigenvalue weighted by Gasteiger charge is 2.18. The number of nitrogens with zero attached hydrogens (tertiary/aromatic N) is 2. The molecular formula is C11H12N2O4. The molecule has 1 fully saturated rings. The molecule has 0 spiro atoms. The van der Waals surface area contributed by atoms with E-state index in [1.54, 1.807) is 11.0 Å². The summed E-state index contributed by atoms with van der Waals surface area (Å²) in [6.07, 6.45) is 1.29. The molecule has 6 heteroatoms. The van der Waals surface area contributed by atoms with Crippen molar-refractivity contribution in [3.8, 4) is 0 Å². The molecule has 90 valence electrons. The Kier molecular flexibility index (Phi) is 3.34. The van der Waals surface area contributed by atoms with E-state index in [9.17, 15) is 9.59 Å². The summed E-state index contributed by atoms with van der Waals surface area (Å²) in [4.78, 5) is 27.7. The van der Waals surface area contributed by atoms with Crippen molar-refractivity contribution in [2.75, 3.05) is 19.8 Å². The molecule has 1 aromatic rings. The van der Waals surface area contributed by atoms with E-state index < -0.39 is 5.97 Å². The molecule has 1 saturated heterocycles. The summed E-state index contributed by atoms with van der Waals surface area (Å²) in [5, 5.41) is 8.72. The molecule has 0 unspecified atom stereocenters. The van der Waals surface area contributed by atoms with E-state index in [4.69, 9.17) is 9.84 Å². The first-order valence-electron chi connectivity index (χ1n) is 5.20. The van der Waals surface area contributed by atoms with Crippen LogP contribution in [-0.4, -0.2) is 46.6 Å². The molecule has 0 atom stereocenters. The Morgan fingerprint density at radius 2 is 2.35 bits per heavy atom. The molecule has 6 nitrogen and oxygen atoms in total. The molecule has 1 aliphatic heterocycles. The van der Waals surface area contributed by atoms with Crippen molar-refractivity contribution in [1.82, 2.24) is 9.88 Å². The minimum absolute atomic E-state index is 0.0691. The third-order valence-electron chi connectivity index (χ3n) is 2.51. The van der Waals surface area contributed by atoms with Crippen molar-refractivity contribution in [1.29, 1.82) is 0 Å². The number of aromatic carboxylic acids is 1. The van der Waals surface area contributed by atoms with Crippen molar-refractivity contribution in [3.05, 3.63) is 29.6 Å². The number of hydrogen-bond acceptors (Lipinski definition) is 4. The predicted molar refractivity (Wildman–Crippen MR) is 57.4 cm³/mol. The Morgan fingerprint density at radius 3 is 2.94 bits per heavy atom. The molecule has 0 aliphatic carbocycles. The second-order valence-corrected chi connectivity index (χ2v) is 3.71.